The molecule has 0 spiro atoms. The van der Waals surface area contributed by atoms with Gasteiger partial charge < -0.3 is 4.57 Å². The Morgan fingerprint density at radius 1 is 1.32 bits per heavy atom. The zero-order valence-corrected chi connectivity index (χ0v) is 15.0. The van der Waals surface area contributed by atoms with Gasteiger partial charge in [-0.15, -0.1) is 0 Å². The van der Waals surface area contributed by atoms with Crippen LogP contribution in [0.15, 0.2) is 41.6 Å². The van der Waals surface area contributed by atoms with Crippen LogP contribution in [-0.2, 0) is 29.1 Å². The van der Waals surface area contributed by atoms with Crippen molar-refractivity contribution in [2.75, 3.05) is 0 Å². The van der Waals surface area contributed by atoms with Crippen LogP contribution in [0.25, 0.3) is 10.9 Å². The van der Waals surface area contributed by atoms with Gasteiger partial charge in [-0.3, -0.25) is 4.79 Å². The highest BCUT2D eigenvalue weighted by Gasteiger charge is 2.60. The van der Waals surface area contributed by atoms with Crippen LogP contribution in [0.1, 0.15) is 37.5 Å². The number of nitriles is 1. The normalized spacial score (nSPS) is 28.4. The highest BCUT2D eigenvalue weighted by atomic mass is 16.1. The van der Waals surface area contributed by atoms with Gasteiger partial charge in [0.15, 0.2) is 11.2 Å². The SMILES string of the molecule is CC1=CCc2ccc3c4c(cn3C)C(C)(C)[C@@H]3C=C1[C@@](C#N)(C3=O)c24. The number of hydrogen-bond donors (Lipinski definition) is 0. The Kier molecular flexibility index (Phi) is 2.44. The first-order valence-electron chi connectivity index (χ1n) is 8.81. The maximum Gasteiger partial charge on any atom is 0.169 e. The molecule has 3 heteroatoms. The lowest BCUT2D eigenvalue weighted by molar-refractivity contribution is -0.124. The van der Waals surface area contributed by atoms with Gasteiger partial charge in [-0.1, -0.05) is 32.1 Å². The number of fused-ring (bicyclic) bond motifs is 1. The van der Waals surface area contributed by atoms with E-state index in [9.17, 15) is 10.1 Å². The highest BCUT2D eigenvalue weighted by molar-refractivity contribution is 6.11. The van der Waals surface area contributed by atoms with Crippen LogP contribution in [0.4, 0.5) is 0 Å². The largest absolute Gasteiger partial charge is 0.350 e. The molecule has 3 aliphatic rings. The summed E-state index contributed by atoms with van der Waals surface area (Å²) < 4.78 is 2.14. The number of carbonyl (C=O) groups excluding carboxylic acids is 1. The number of aromatic nitrogens is 1. The van der Waals surface area contributed by atoms with Gasteiger partial charge in [0, 0.05) is 35.5 Å². The third kappa shape index (κ3) is 1.38. The molecular weight excluding hydrogens is 308 g/mol. The molecule has 2 atom stereocenters. The van der Waals surface area contributed by atoms with Crippen LogP contribution < -0.4 is 0 Å². The molecule has 3 nitrogen and oxygen atoms in total. The van der Waals surface area contributed by atoms with Gasteiger partial charge in [-0.2, -0.15) is 5.26 Å². The number of Topliss-reactive ketones (excluding diaryl/α,β-unsaturated/α-hetero) is 1. The van der Waals surface area contributed by atoms with Crippen molar-refractivity contribution in [3.8, 4) is 6.07 Å². The number of hydrogen-bond acceptors (Lipinski definition) is 2. The molecule has 0 aliphatic heterocycles. The van der Waals surface area contributed by atoms with Crippen molar-refractivity contribution in [2.24, 2.45) is 13.0 Å². The molecule has 0 saturated heterocycles. The summed E-state index contributed by atoms with van der Waals surface area (Å²) in [5.41, 5.74) is 4.84. The first-order valence-corrected chi connectivity index (χ1v) is 8.81. The first-order chi connectivity index (χ1) is 11.8. The van der Waals surface area contributed by atoms with Gasteiger partial charge in [-0.25, -0.2) is 0 Å². The summed E-state index contributed by atoms with van der Waals surface area (Å²) in [6.07, 6.45) is 7.18. The Morgan fingerprint density at radius 2 is 2.08 bits per heavy atom. The monoisotopic (exact) mass is 328 g/mol. The number of aryl methyl sites for hydroxylation is 1. The third-order valence-electron chi connectivity index (χ3n) is 6.70. The number of benzene rings is 1. The van der Waals surface area contributed by atoms with E-state index in [1.807, 2.05) is 14.0 Å². The van der Waals surface area contributed by atoms with Crippen LogP contribution in [0, 0.1) is 17.2 Å². The summed E-state index contributed by atoms with van der Waals surface area (Å²) in [6, 6.07) is 6.73. The van der Waals surface area contributed by atoms with E-state index in [-0.39, 0.29) is 17.1 Å². The minimum atomic E-state index is -1.15. The summed E-state index contributed by atoms with van der Waals surface area (Å²) in [4.78, 5) is 13.7. The summed E-state index contributed by atoms with van der Waals surface area (Å²) in [7, 11) is 2.05. The fourth-order valence-corrected chi connectivity index (χ4v) is 5.28. The van der Waals surface area contributed by atoms with E-state index in [1.54, 1.807) is 0 Å². The fraction of sp³-hybridized carbons (Fsp3) is 0.364. The molecule has 0 amide bonds. The van der Waals surface area contributed by atoms with Gasteiger partial charge in [0.25, 0.3) is 0 Å². The topological polar surface area (TPSA) is 45.8 Å². The highest BCUT2D eigenvalue weighted by Crippen LogP contribution is 2.57. The molecule has 5 rings (SSSR count). The molecule has 0 saturated carbocycles. The van der Waals surface area contributed by atoms with Crippen LogP contribution >= 0.6 is 0 Å². The van der Waals surface area contributed by atoms with Crippen molar-refractivity contribution in [2.45, 2.75) is 38.0 Å². The second kappa shape index (κ2) is 4.14. The number of ketones is 1. The molecular formula is C22H20N2O. The molecule has 0 fully saturated rings. The minimum Gasteiger partial charge on any atom is -0.350 e. The number of allylic oxidation sites excluding steroid dienone is 4. The molecule has 0 unspecified atom stereocenters. The van der Waals surface area contributed by atoms with Crippen molar-refractivity contribution in [1.29, 1.82) is 5.26 Å². The fourth-order valence-electron chi connectivity index (χ4n) is 5.28. The average Bonchev–Trinajstić information content (AvgIpc) is 3.02. The summed E-state index contributed by atoms with van der Waals surface area (Å²) in [5.74, 6) is -0.216. The van der Waals surface area contributed by atoms with Crippen molar-refractivity contribution in [3.05, 3.63) is 58.3 Å². The Morgan fingerprint density at radius 3 is 2.80 bits per heavy atom. The van der Waals surface area contributed by atoms with Crippen molar-refractivity contribution < 1.29 is 4.79 Å². The van der Waals surface area contributed by atoms with E-state index in [0.717, 1.165) is 39.6 Å². The number of nitrogens with zero attached hydrogens (tertiary/aromatic N) is 2. The zero-order chi connectivity index (χ0) is 17.7. The lowest BCUT2D eigenvalue weighted by atomic mass is 9.70. The van der Waals surface area contributed by atoms with Gasteiger partial charge in [0.1, 0.15) is 0 Å². The Bertz CT molecular complexity index is 1100. The van der Waals surface area contributed by atoms with Crippen molar-refractivity contribution in [1.82, 2.24) is 4.57 Å². The molecule has 0 N–H and O–H groups in total. The Hall–Kier alpha value is -2.60. The zero-order valence-electron chi connectivity index (χ0n) is 15.0. The lowest BCUT2D eigenvalue weighted by Gasteiger charge is -2.28. The molecule has 1 aromatic carbocycles. The predicted molar refractivity (Wildman–Crippen MR) is 97.3 cm³/mol. The quantitative estimate of drug-likeness (QED) is 0.737. The Balaban J connectivity index is 2.12. The number of carbonyl (C=O) groups is 1. The summed E-state index contributed by atoms with van der Waals surface area (Å²) >= 11 is 0. The van der Waals surface area contributed by atoms with E-state index in [2.05, 4.69) is 55.0 Å². The molecule has 25 heavy (non-hydrogen) atoms. The standard InChI is InChI=1S/C22H20N2O/c1-12-5-6-13-7-8-17-18-16(10-24(17)4)21(2,3)15-9-14(12)22(11-23,19(13)18)20(15)25/h5,7-10,15H,6H2,1-4H3/t15-,22-/m1/s1. The maximum absolute atomic E-state index is 13.7. The number of rotatable bonds is 0. The maximum atomic E-state index is 13.7. The molecule has 1 heterocycles. The van der Waals surface area contributed by atoms with Crippen LogP contribution in [0.3, 0.4) is 0 Å². The van der Waals surface area contributed by atoms with E-state index in [1.165, 1.54) is 5.56 Å². The second-order valence-corrected chi connectivity index (χ2v) is 8.24. The molecule has 3 aliphatic carbocycles. The first kappa shape index (κ1) is 14.7. The average molecular weight is 328 g/mol. The lowest BCUT2D eigenvalue weighted by Crippen LogP contribution is -2.39. The van der Waals surface area contributed by atoms with E-state index < -0.39 is 5.41 Å². The molecule has 1 aromatic heterocycles. The van der Waals surface area contributed by atoms with Crippen LogP contribution in [0.5, 0.6) is 0 Å². The van der Waals surface area contributed by atoms with Crippen molar-refractivity contribution >= 4 is 16.7 Å². The van der Waals surface area contributed by atoms with Gasteiger partial charge in [-0.05, 0) is 47.2 Å². The van der Waals surface area contributed by atoms with Crippen LogP contribution in [0.2, 0.25) is 0 Å². The van der Waals surface area contributed by atoms with Crippen LogP contribution in [-0.4, -0.2) is 10.4 Å². The van der Waals surface area contributed by atoms with Gasteiger partial charge in [0.2, 0.25) is 0 Å². The molecule has 124 valence electrons. The van der Waals surface area contributed by atoms with Gasteiger partial charge >= 0.3 is 0 Å². The second-order valence-electron chi connectivity index (χ2n) is 8.24. The predicted octanol–water partition coefficient (Wildman–Crippen LogP) is 3.86. The molecule has 0 radical (unpaired) electrons. The smallest absolute Gasteiger partial charge is 0.169 e. The summed E-state index contributed by atoms with van der Waals surface area (Å²) in [6.45, 7) is 6.33. The van der Waals surface area contributed by atoms with Crippen molar-refractivity contribution in [3.63, 3.8) is 0 Å². The molecule has 2 bridgehead atoms. The third-order valence-corrected chi connectivity index (χ3v) is 6.70. The molecule has 2 aromatic rings. The van der Waals surface area contributed by atoms with E-state index in [4.69, 9.17) is 0 Å². The van der Waals surface area contributed by atoms with E-state index in [0.29, 0.717) is 0 Å². The van der Waals surface area contributed by atoms with Gasteiger partial charge in [0.05, 0.1) is 6.07 Å². The van der Waals surface area contributed by atoms with E-state index >= 15 is 0 Å². The Labute approximate surface area is 147 Å². The summed E-state index contributed by atoms with van der Waals surface area (Å²) in [5, 5.41) is 11.5. The minimum absolute atomic E-state index is 0.0530.